The number of hydrogen-bond donors (Lipinski definition) is 1. The van der Waals surface area contributed by atoms with Crippen molar-refractivity contribution in [3.05, 3.63) is 33.5 Å². The van der Waals surface area contributed by atoms with Gasteiger partial charge in [0, 0.05) is 21.9 Å². The first-order valence-corrected chi connectivity index (χ1v) is 5.47. The van der Waals surface area contributed by atoms with E-state index in [1.165, 1.54) is 4.88 Å². The Kier molecular flexibility index (Phi) is 3.98. The highest BCUT2D eigenvalue weighted by molar-refractivity contribution is 9.11. The van der Waals surface area contributed by atoms with Crippen molar-refractivity contribution < 1.29 is 0 Å². The van der Waals surface area contributed by atoms with Crippen LogP contribution in [0.15, 0.2) is 28.6 Å². The zero-order valence-corrected chi connectivity index (χ0v) is 9.41. The molecular weight excluding hydrogens is 234 g/mol. The molecule has 0 unspecified atom stereocenters. The second-order valence-corrected chi connectivity index (χ2v) is 4.74. The Morgan fingerprint density at radius 2 is 2.58 bits per heavy atom. The van der Waals surface area contributed by atoms with Crippen molar-refractivity contribution in [2.24, 2.45) is 0 Å². The fourth-order valence-electron chi connectivity index (χ4n) is 0.902. The molecule has 0 radical (unpaired) electrons. The van der Waals surface area contributed by atoms with Gasteiger partial charge in [-0.1, -0.05) is 28.6 Å². The molecular formula is C9H12BrNS. The van der Waals surface area contributed by atoms with Gasteiger partial charge in [-0.05, 0) is 18.4 Å². The van der Waals surface area contributed by atoms with E-state index in [1.54, 1.807) is 11.3 Å². The quantitative estimate of drug-likeness (QED) is 0.859. The number of hydrogen-bond acceptors (Lipinski definition) is 2. The van der Waals surface area contributed by atoms with E-state index < -0.39 is 0 Å². The molecule has 1 nitrogen and oxygen atoms in total. The van der Waals surface area contributed by atoms with Gasteiger partial charge in [-0.3, -0.25) is 0 Å². The van der Waals surface area contributed by atoms with Crippen LogP contribution in [-0.4, -0.2) is 6.54 Å². The standard InChI is InChI=1S/C9H12BrNS/c1-7(10)6-11-8(2)9-4-3-5-12-9/h3-5,8,11H,1,6H2,2H3/t8-/m1/s1. The van der Waals surface area contributed by atoms with Crippen LogP contribution in [0.5, 0.6) is 0 Å². The fourth-order valence-corrected chi connectivity index (χ4v) is 1.82. The van der Waals surface area contributed by atoms with E-state index in [0.29, 0.717) is 6.04 Å². The average molecular weight is 246 g/mol. The topological polar surface area (TPSA) is 12.0 Å². The summed E-state index contributed by atoms with van der Waals surface area (Å²) in [6.45, 7) is 6.74. The highest BCUT2D eigenvalue weighted by atomic mass is 79.9. The summed E-state index contributed by atoms with van der Waals surface area (Å²) < 4.78 is 0.992. The van der Waals surface area contributed by atoms with Gasteiger partial charge < -0.3 is 5.32 Å². The normalized spacial score (nSPS) is 12.8. The molecule has 1 atom stereocenters. The minimum Gasteiger partial charge on any atom is -0.305 e. The van der Waals surface area contributed by atoms with Crippen molar-refractivity contribution in [1.29, 1.82) is 0 Å². The summed E-state index contributed by atoms with van der Waals surface area (Å²) in [6, 6.07) is 4.62. The van der Waals surface area contributed by atoms with E-state index >= 15 is 0 Å². The van der Waals surface area contributed by atoms with Crippen molar-refractivity contribution in [2.75, 3.05) is 6.54 Å². The van der Waals surface area contributed by atoms with E-state index in [0.717, 1.165) is 11.0 Å². The molecule has 0 fully saturated rings. The summed E-state index contributed by atoms with van der Waals surface area (Å²) in [7, 11) is 0. The van der Waals surface area contributed by atoms with Gasteiger partial charge in [0.25, 0.3) is 0 Å². The van der Waals surface area contributed by atoms with Crippen LogP contribution in [-0.2, 0) is 0 Å². The van der Waals surface area contributed by atoms with Crippen molar-refractivity contribution >= 4 is 27.3 Å². The summed E-state index contributed by atoms with van der Waals surface area (Å²) in [6.07, 6.45) is 0. The first-order chi connectivity index (χ1) is 5.70. The van der Waals surface area contributed by atoms with Gasteiger partial charge in [0.1, 0.15) is 0 Å². The summed E-state index contributed by atoms with van der Waals surface area (Å²) in [5, 5.41) is 5.44. The second kappa shape index (κ2) is 4.80. The Hall–Kier alpha value is -0.120. The molecule has 1 heterocycles. The van der Waals surface area contributed by atoms with E-state index in [4.69, 9.17) is 0 Å². The highest BCUT2D eigenvalue weighted by Crippen LogP contribution is 2.18. The molecule has 0 spiro atoms. The van der Waals surface area contributed by atoms with Crippen LogP contribution in [0.25, 0.3) is 0 Å². The molecule has 1 aromatic heterocycles. The van der Waals surface area contributed by atoms with Crippen LogP contribution < -0.4 is 5.32 Å². The van der Waals surface area contributed by atoms with Crippen LogP contribution in [0.4, 0.5) is 0 Å². The average Bonchev–Trinajstić information content (AvgIpc) is 2.51. The predicted molar refractivity (Wildman–Crippen MR) is 58.8 cm³/mol. The molecule has 0 amide bonds. The molecule has 0 aliphatic rings. The summed E-state index contributed by atoms with van der Waals surface area (Å²) in [4.78, 5) is 1.36. The Bertz CT molecular complexity index is 243. The van der Waals surface area contributed by atoms with Crippen molar-refractivity contribution in [3.8, 4) is 0 Å². The minimum atomic E-state index is 0.416. The van der Waals surface area contributed by atoms with E-state index in [9.17, 15) is 0 Å². The van der Waals surface area contributed by atoms with Gasteiger partial charge in [-0.15, -0.1) is 11.3 Å². The van der Waals surface area contributed by atoms with Gasteiger partial charge in [-0.25, -0.2) is 0 Å². The molecule has 66 valence electrons. The van der Waals surface area contributed by atoms with Gasteiger partial charge in [0.05, 0.1) is 0 Å². The van der Waals surface area contributed by atoms with E-state index in [1.807, 2.05) is 0 Å². The van der Waals surface area contributed by atoms with Crippen LogP contribution in [0.2, 0.25) is 0 Å². The zero-order chi connectivity index (χ0) is 8.97. The largest absolute Gasteiger partial charge is 0.305 e. The molecule has 1 aromatic rings. The summed E-state index contributed by atoms with van der Waals surface area (Å²) in [5.74, 6) is 0. The monoisotopic (exact) mass is 245 g/mol. The lowest BCUT2D eigenvalue weighted by Gasteiger charge is -2.10. The summed E-state index contributed by atoms with van der Waals surface area (Å²) in [5.41, 5.74) is 0. The lowest BCUT2D eigenvalue weighted by atomic mass is 10.3. The third kappa shape index (κ3) is 3.09. The smallest absolute Gasteiger partial charge is 0.0388 e. The first kappa shape index (κ1) is 9.96. The molecule has 0 bridgehead atoms. The van der Waals surface area contributed by atoms with Crippen molar-refractivity contribution in [3.63, 3.8) is 0 Å². The Balaban J connectivity index is 2.39. The van der Waals surface area contributed by atoms with Crippen LogP contribution in [0.1, 0.15) is 17.8 Å². The van der Waals surface area contributed by atoms with Crippen molar-refractivity contribution in [1.82, 2.24) is 5.32 Å². The van der Waals surface area contributed by atoms with Gasteiger partial charge >= 0.3 is 0 Å². The molecule has 3 heteroatoms. The highest BCUT2D eigenvalue weighted by Gasteiger charge is 2.04. The van der Waals surface area contributed by atoms with Crippen LogP contribution >= 0.6 is 27.3 Å². The summed E-state index contributed by atoms with van der Waals surface area (Å²) >= 11 is 5.09. The molecule has 0 aliphatic heterocycles. The maximum atomic E-state index is 3.77. The molecule has 12 heavy (non-hydrogen) atoms. The first-order valence-electron chi connectivity index (χ1n) is 3.80. The number of halogens is 1. The van der Waals surface area contributed by atoms with Crippen molar-refractivity contribution in [2.45, 2.75) is 13.0 Å². The number of thiophene rings is 1. The zero-order valence-electron chi connectivity index (χ0n) is 7.01. The SMILES string of the molecule is C=C(Br)CN[C@H](C)c1cccs1. The molecule has 0 saturated heterocycles. The van der Waals surface area contributed by atoms with E-state index in [-0.39, 0.29) is 0 Å². The lowest BCUT2D eigenvalue weighted by Crippen LogP contribution is -2.18. The Morgan fingerprint density at radius 3 is 3.08 bits per heavy atom. The molecule has 1 N–H and O–H groups in total. The molecule has 0 aromatic carbocycles. The second-order valence-electron chi connectivity index (χ2n) is 2.64. The number of nitrogens with one attached hydrogen (secondary N) is 1. The van der Waals surface area contributed by atoms with Gasteiger partial charge in [0.15, 0.2) is 0 Å². The third-order valence-corrected chi connectivity index (χ3v) is 2.91. The van der Waals surface area contributed by atoms with Gasteiger partial charge in [0.2, 0.25) is 0 Å². The Labute approximate surface area is 85.6 Å². The van der Waals surface area contributed by atoms with Crippen LogP contribution in [0, 0.1) is 0 Å². The molecule has 1 rings (SSSR count). The maximum absolute atomic E-state index is 3.77. The van der Waals surface area contributed by atoms with E-state index in [2.05, 4.69) is 52.3 Å². The molecule has 0 saturated carbocycles. The van der Waals surface area contributed by atoms with Crippen LogP contribution in [0.3, 0.4) is 0 Å². The maximum Gasteiger partial charge on any atom is 0.0388 e. The fraction of sp³-hybridized carbons (Fsp3) is 0.333. The number of rotatable bonds is 4. The lowest BCUT2D eigenvalue weighted by molar-refractivity contribution is 0.626. The third-order valence-electron chi connectivity index (χ3n) is 1.57. The minimum absolute atomic E-state index is 0.416. The predicted octanol–water partition coefficient (Wildman–Crippen LogP) is 3.31. The Morgan fingerprint density at radius 1 is 1.83 bits per heavy atom. The van der Waals surface area contributed by atoms with Gasteiger partial charge in [-0.2, -0.15) is 0 Å². The molecule has 0 aliphatic carbocycles.